The largest absolute Gasteiger partial charge is 0.468 e. The van der Waals surface area contributed by atoms with Gasteiger partial charge in [0.1, 0.15) is 5.76 Å². The first-order chi connectivity index (χ1) is 8.00. The lowest BCUT2D eigenvalue weighted by atomic mass is 10.2. The van der Waals surface area contributed by atoms with Crippen molar-refractivity contribution in [2.24, 2.45) is 5.92 Å². The molecule has 0 fully saturated rings. The molecule has 3 heteroatoms. The van der Waals surface area contributed by atoms with Gasteiger partial charge in [-0.2, -0.15) is 0 Å². The second-order valence-electron chi connectivity index (χ2n) is 5.40. The summed E-state index contributed by atoms with van der Waals surface area (Å²) < 4.78 is 5.56. The van der Waals surface area contributed by atoms with Crippen LogP contribution in [0.1, 0.15) is 39.0 Å². The summed E-state index contributed by atoms with van der Waals surface area (Å²) >= 11 is 0. The average Bonchev–Trinajstić information content (AvgIpc) is 2.65. The molecule has 0 saturated heterocycles. The van der Waals surface area contributed by atoms with E-state index in [1.54, 1.807) is 6.26 Å². The highest BCUT2D eigenvalue weighted by molar-refractivity contribution is 5.16. The third-order valence-electron chi connectivity index (χ3n) is 2.98. The van der Waals surface area contributed by atoms with Crippen molar-refractivity contribution in [3.05, 3.63) is 23.7 Å². The van der Waals surface area contributed by atoms with Gasteiger partial charge >= 0.3 is 0 Å². The van der Waals surface area contributed by atoms with E-state index in [0.717, 1.165) is 25.4 Å². The van der Waals surface area contributed by atoms with Gasteiger partial charge in [0, 0.05) is 18.2 Å². The van der Waals surface area contributed by atoms with E-state index in [4.69, 9.17) is 4.42 Å². The van der Waals surface area contributed by atoms with Gasteiger partial charge in [0.2, 0.25) is 0 Å². The quantitative estimate of drug-likeness (QED) is 0.792. The molecule has 0 amide bonds. The SMILES string of the molecule is CC(C)CNCc1ccoc1CN(C)C(C)C. The Labute approximate surface area is 105 Å². The van der Waals surface area contributed by atoms with Crippen LogP contribution in [0.4, 0.5) is 0 Å². The summed E-state index contributed by atoms with van der Waals surface area (Å²) in [6, 6.07) is 2.60. The first-order valence-electron chi connectivity index (χ1n) is 6.47. The van der Waals surface area contributed by atoms with Crippen LogP contribution in [0, 0.1) is 5.92 Å². The molecule has 17 heavy (non-hydrogen) atoms. The Bertz CT molecular complexity index is 318. The molecule has 0 bridgehead atoms. The normalized spacial score (nSPS) is 12.0. The molecule has 1 aromatic heterocycles. The molecule has 98 valence electrons. The summed E-state index contributed by atoms with van der Waals surface area (Å²) in [5, 5.41) is 3.45. The van der Waals surface area contributed by atoms with E-state index in [9.17, 15) is 0 Å². The van der Waals surface area contributed by atoms with E-state index >= 15 is 0 Å². The van der Waals surface area contributed by atoms with Crippen molar-refractivity contribution < 1.29 is 4.42 Å². The van der Waals surface area contributed by atoms with Crippen molar-refractivity contribution in [3.8, 4) is 0 Å². The summed E-state index contributed by atoms with van der Waals surface area (Å²) in [7, 11) is 2.12. The molecule has 0 aliphatic rings. The van der Waals surface area contributed by atoms with Crippen molar-refractivity contribution in [2.75, 3.05) is 13.6 Å². The highest BCUT2D eigenvalue weighted by Gasteiger charge is 2.11. The predicted molar refractivity (Wildman–Crippen MR) is 71.9 cm³/mol. The van der Waals surface area contributed by atoms with E-state index in [1.165, 1.54) is 5.56 Å². The Morgan fingerprint density at radius 1 is 1.29 bits per heavy atom. The summed E-state index contributed by atoms with van der Waals surface area (Å²) in [5.74, 6) is 1.76. The van der Waals surface area contributed by atoms with Crippen LogP contribution < -0.4 is 5.32 Å². The second-order valence-corrected chi connectivity index (χ2v) is 5.40. The number of nitrogens with one attached hydrogen (secondary N) is 1. The van der Waals surface area contributed by atoms with E-state index in [-0.39, 0.29) is 0 Å². The Balaban J connectivity index is 2.48. The number of rotatable bonds is 7. The maximum Gasteiger partial charge on any atom is 0.122 e. The molecule has 3 nitrogen and oxygen atoms in total. The van der Waals surface area contributed by atoms with Crippen LogP contribution >= 0.6 is 0 Å². The lowest BCUT2D eigenvalue weighted by Crippen LogP contribution is -2.26. The van der Waals surface area contributed by atoms with Crippen molar-refractivity contribution in [3.63, 3.8) is 0 Å². The third kappa shape index (κ3) is 4.92. The van der Waals surface area contributed by atoms with Gasteiger partial charge < -0.3 is 9.73 Å². The fourth-order valence-corrected chi connectivity index (χ4v) is 1.57. The van der Waals surface area contributed by atoms with Crippen LogP contribution in [-0.4, -0.2) is 24.5 Å². The maximum absolute atomic E-state index is 5.56. The van der Waals surface area contributed by atoms with Gasteiger partial charge in [-0.05, 0) is 39.4 Å². The minimum atomic E-state index is 0.538. The zero-order valence-corrected chi connectivity index (χ0v) is 11.8. The molecule has 0 spiro atoms. The lowest BCUT2D eigenvalue weighted by Gasteiger charge is -2.20. The minimum absolute atomic E-state index is 0.538. The maximum atomic E-state index is 5.56. The van der Waals surface area contributed by atoms with E-state index in [2.05, 4.69) is 51.0 Å². The zero-order valence-electron chi connectivity index (χ0n) is 11.8. The molecule has 1 aromatic rings. The van der Waals surface area contributed by atoms with Crippen LogP contribution in [0.2, 0.25) is 0 Å². The Morgan fingerprint density at radius 2 is 2.00 bits per heavy atom. The van der Waals surface area contributed by atoms with E-state index in [1.807, 2.05) is 0 Å². The number of hydrogen-bond acceptors (Lipinski definition) is 3. The molecule has 1 rings (SSSR count). The van der Waals surface area contributed by atoms with Gasteiger partial charge in [0.25, 0.3) is 0 Å². The van der Waals surface area contributed by atoms with E-state index < -0.39 is 0 Å². The highest BCUT2D eigenvalue weighted by Crippen LogP contribution is 2.13. The van der Waals surface area contributed by atoms with E-state index in [0.29, 0.717) is 12.0 Å². The van der Waals surface area contributed by atoms with Gasteiger partial charge in [0.05, 0.1) is 12.8 Å². The summed E-state index contributed by atoms with van der Waals surface area (Å²) in [4.78, 5) is 2.28. The van der Waals surface area contributed by atoms with Gasteiger partial charge in [-0.3, -0.25) is 4.90 Å². The molecule has 0 aliphatic carbocycles. The molecule has 0 aliphatic heterocycles. The van der Waals surface area contributed by atoms with Crippen LogP contribution in [0.5, 0.6) is 0 Å². The Kier molecular flexibility index (Phi) is 5.72. The van der Waals surface area contributed by atoms with Crippen LogP contribution in [0.25, 0.3) is 0 Å². The lowest BCUT2D eigenvalue weighted by molar-refractivity contribution is 0.242. The molecular formula is C14H26N2O. The summed E-state index contributed by atoms with van der Waals surface area (Å²) in [6.45, 7) is 11.6. The zero-order chi connectivity index (χ0) is 12.8. The molecular weight excluding hydrogens is 212 g/mol. The van der Waals surface area contributed by atoms with Crippen molar-refractivity contribution >= 4 is 0 Å². The monoisotopic (exact) mass is 238 g/mol. The van der Waals surface area contributed by atoms with Gasteiger partial charge in [-0.15, -0.1) is 0 Å². The molecule has 0 radical (unpaired) electrons. The Hall–Kier alpha value is -0.800. The molecule has 0 aromatic carbocycles. The van der Waals surface area contributed by atoms with Crippen LogP contribution in [0.3, 0.4) is 0 Å². The summed E-state index contributed by atoms with van der Waals surface area (Å²) in [5.41, 5.74) is 1.28. The highest BCUT2D eigenvalue weighted by atomic mass is 16.3. The third-order valence-corrected chi connectivity index (χ3v) is 2.98. The topological polar surface area (TPSA) is 28.4 Å². The van der Waals surface area contributed by atoms with Crippen molar-refractivity contribution in [1.82, 2.24) is 10.2 Å². The molecule has 1 heterocycles. The van der Waals surface area contributed by atoms with Gasteiger partial charge in [0.15, 0.2) is 0 Å². The average molecular weight is 238 g/mol. The number of hydrogen-bond donors (Lipinski definition) is 1. The van der Waals surface area contributed by atoms with Gasteiger partial charge in [-0.25, -0.2) is 0 Å². The summed E-state index contributed by atoms with van der Waals surface area (Å²) in [6.07, 6.45) is 1.79. The van der Waals surface area contributed by atoms with Crippen LogP contribution in [-0.2, 0) is 13.1 Å². The molecule has 1 N–H and O–H groups in total. The van der Waals surface area contributed by atoms with Gasteiger partial charge in [-0.1, -0.05) is 13.8 Å². The predicted octanol–water partition coefficient (Wildman–Crippen LogP) is 2.87. The smallest absolute Gasteiger partial charge is 0.122 e. The Morgan fingerprint density at radius 3 is 2.59 bits per heavy atom. The minimum Gasteiger partial charge on any atom is -0.468 e. The number of furan rings is 1. The van der Waals surface area contributed by atoms with Crippen LogP contribution in [0.15, 0.2) is 16.7 Å². The first kappa shape index (κ1) is 14.3. The number of nitrogens with zero attached hydrogens (tertiary/aromatic N) is 1. The van der Waals surface area contributed by atoms with Crippen molar-refractivity contribution in [2.45, 2.75) is 46.8 Å². The fraction of sp³-hybridized carbons (Fsp3) is 0.714. The van der Waals surface area contributed by atoms with Crippen molar-refractivity contribution in [1.29, 1.82) is 0 Å². The fourth-order valence-electron chi connectivity index (χ4n) is 1.57. The first-order valence-corrected chi connectivity index (χ1v) is 6.47. The second kappa shape index (κ2) is 6.82. The molecule has 0 saturated carbocycles. The molecule has 0 unspecified atom stereocenters. The standard InChI is InChI=1S/C14H26N2O/c1-11(2)8-15-9-13-6-7-17-14(13)10-16(5)12(3)4/h6-7,11-12,15H,8-10H2,1-5H3. The molecule has 0 atom stereocenters.